The Morgan fingerprint density at radius 1 is 1.27 bits per heavy atom. The van der Waals surface area contributed by atoms with Gasteiger partial charge in [0.25, 0.3) is 5.91 Å². The van der Waals surface area contributed by atoms with Crippen LogP contribution in [-0.4, -0.2) is 15.6 Å². The van der Waals surface area contributed by atoms with Crippen LogP contribution in [0.1, 0.15) is 6.92 Å². The first kappa shape index (κ1) is 16.3. The zero-order chi connectivity index (χ0) is 18.3. The lowest BCUT2D eigenvalue weighted by molar-refractivity contribution is -0.113. The minimum absolute atomic E-state index is 0.0563. The Morgan fingerprint density at radius 3 is 2.92 bits per heavy atom. The Hall–Kier alpha value is -3.13. The monoisotopic (exact) mass is 367 g/mol. The van der Waals surface area contributed by atoms with Gasteiger partial charge in [-0.2, -0.15) is 0 Å². The number of fused-ring (bicyclic) bond motifs is 2. The summed E-state index contributed by atoms with van der Waals surface area (Å²) in [5.74, 6) is -0.952. The van der Waals surface area contributed by atoms with Crippen LogP contribution in [0.2, 0.25) is 0 Å². The maximum atomic E-state index is 14.0. The van der Waals surface area contributed by atoms with E-state index in [1.54, 1.807) is 6.07 Å². The second kappa shape index (κ2) is 6.30. The van der Waals surface area contributed by atoms with Crippen molar-refractivity contribution in [3.05, 3.63) is 70.7 Å². The van der Waals surface area contributed by atoms with Gasteiger partial charge in [-0.1, -0.05) is 30.0 Å². The molecule has 0 unspecified atom stereocenters. The molecule has 2 aromatic carbocycles. The van der Waals surface area contributed by atoms with Crippen LogP contribution in [0.4, 0.5) is 10.1 Å². The molecule has 0 atom stereocenters. The van der Waals surface area contributed by atoms with E-state index in [-0.39, 0.29) is 10.9 Å². The molecule has 0 spiro atoms. The molecule has 1 amide bonds. The number of aromatic nitrogens is 2. The van der Waals surface area contributed by atoms with E-state index in [0.717, 1.165) is 15.3 Å². The second-order valence-corrected chi connectivity index (χ2v) is 6.77. The molecule has 130 valence electrons. The number of amides is 1. The molecule has 26 heavy (non-hydrogen) atoms. The van der Waals surface area contributed by atoms with Crippen molar-refractivity contribution in [3.8, 4) is 0 Å². The zero-order valence-corrected chi connectivity index (χ0v) is 14.5. The van der Waals surface area contributed by atoms with Gasteiger partial charge < -0.3 is 5.32 Å². The largest absolute Gasteiger partial charge is 0.357 e. The fourth-order valence-corrected chi connectivity index (χ4v) is 3.66. The van der Waals surface area contributed by atoms with Crippen LogP contribution >= 0.6 is 11.8 Å². The highest BCUT2D eigenvalue weighted by molar-refractivity contribution is 8.04. The van der Waals surface area contributed by atoms with Gasteiger partial charge >= 0.3 is 0 Å². The number of nitrogens with zero attached hydrogens (tertiary/aromatic N) is 2. The summed E-state index contributed by atoms with van der Waals surface area (Å²) in [5, 5.41) is 11.4. The number of thioether (sulfide) groups is 1. The molecule has 1 aliphatic heterocycles. The van der Waals surface area contributed by atoms with Gasteiger partial charge in [-0.15, -0.1) is 0 Å². The Morgan fingerprint density at radius 2 is 2.08 bits per heavy atom. The number of nitrogens with one attached hydrogen (secondary N) is 3. The molecule has 3 aromatic rings. The first-order valence-corrected chi connectivity index (χ1v) is 8.63. The Kier molecular flexibility index (Phi) is 3.96. The molecule has 1 aromatic heterocycles. The van der Waals surface area contributed by atoms with E-state index in [0.29, 0.717) is 16.1 Å². The summed E-state index contributed by atoms with van der Waals surface area (Å²) in [7, 11) is 0. The molecule has 2 heterocycles. The lowest BCUT2D eigenvalue weighted by Gasteiger charge is -2.21. The van der Waals surface area contributed by atoms with Crippen molar-refractivity contribution in [1.29, 1.82) is 5.41 Å². The summed E-state index contributed by atoms with van der Waals surface area (Å²) in [5.41, 5.74) is 4.44. The summed E-state index contributed by atoms with van der Waals surface area (Å²) in [6, 6.07) is 12.1. The summed E-state index contributed by atoms with van der Waals surface area (Å²) in [4.78, 5) is 18.2. The minimum atomic E-state index is -0.554. The quantitative estimate of drug-likeness (QED) is 0.650. The van der Waals surface area contributed by atoms with Gasteiger partial charge in [-0.3, -0.25) is 15.6 Å². The molecule has 0 saturated carbocycles. The fourth-order valence-electron chi connectivity index (χ4n) is 2.72. The molecule has 6 nitrogen and oxygen atoms in total. The third kappa shape index (κ3) is 2.74. The van der Waals surface area contributed by atoms with E-state index in [1.807, 2.05) is 31.2 Å². The van der Waals surface area contributed by atoms with E-state index in [9.17, 15) is 9.18 Å². The highest BCUT2D eigenvalue weighted by Gasteiger charge is 2.22. The summed E-state index contributed by atoms with van der Waals surface area (Å²) >= 11 is 1.34. The molecular formula is C18H14FN5OS. The number of hydrogen-bond acceptors (Lipinski definition) is 5. The van der Waals surface area contributed by atoms with Crippen molar-refractivity contribution < 1.29 is 9.18 Å². The maximum absolute atomic E-state index is 14.0. The fraction of sp³-hybridized carbons (Fsp3) is 0.0556. The Balaban J connectivity index is 1.67. The first-order valence-electron chi connectivity index (χ1n) is 7.81. The molecule has 4 rings (SSSR count). The SMILES string of the molecule is CC1=C(C(=O)Nn2cnc3cccc(F)c3c2=N)Sc2ccccc2N1. The number of rotatable bonds is 2. The molecule has 0 saturated heterocycles. The molecule has 0 aliphatic carbocycles. The lowest BCUT2D eigenvalue weighted by atomic mass is 10.2. The number of allylic oxidation sites excluding steroid dienone is 1. The van der Waals surface area contributed by atoms with Gasteiger partial charge in [-0.05, 0) is 31.2 Å². The molecule has 1 aliphatic rings. The van der Waals surface area contributed by atoms with Crippen LogP contribution in [0, 0.1) is 11.2 Å². The summed E-state index contributed by atoms with van der Waals surface area (Å²) in [6.07, 6.45) is 1.30. The molecule has 0 radical (unpaired) electrons. The number of carbonyl (C=O) groups is 1. The van der Waals surface area contributed by atoms with Gasteiger partial charge in [0.2, 0.25) is 0 Å². The predicted octanol–water partition coefficient (Wildman–Crippen LogP) is 3.17. The van der Waals surface area contributed by atoms with Gasteiger partial charge in [0, 0.05) is 10.6 Å². The average molecular weight is 367 g/mol. The van der Waals surface area contributed by atoms with Crippen LogP contribution < -0.4 is 16.2 Å². The molecular weight excluding hydrogens is 353 g/mol. The number of hydrogen-bond donors (Lipinski definition) is 3. The Labute approximate surface area is 152 Å². The van der Waals surface area contributed by atoms with Crippen molar-refractivity contribution >= 4 is 34.3 Å². The van der Waals surface area contributed by atoms with Crippen molar-refractivity contribution in [2.75, 3.05) is 10.7 Å². The smallest absolute Gasteiger partial charge is 0.278 e. The number of anilines is 1. The molecule has 3 N–H and O–H groups in total. The van der Waals surface area contributed by atoms with Gasteiger partial charge in [0.15, 0.2) is 5.49 Å². The van der Waals surface area contributed by atoms with E-state index in [1.165, 1.54) is 30.2 Å². The number of carbonyl (C=O) groups excluding carboxylic acids is 1. The third-order valence-corrected chi connectivity index (χ3v) is 5.24. The van der Waals surface area contributed by atoms with Crippen molar-refractivity contribution in [2.45, 2.75) is 11.8 Å². The van der Waals surface area contributed by atoms with Crippen molar-refractivity contribution in [2.24, 2.45) is 0 Å². The van der Waals surface area contributed by atoms with Crippen LogP contribution in [-0.2, 0) is 4.79 Å². The first-order chi connectivity index (χ1) is 12.5. The van der Waals surface area contributed by atoms with E-state index in [4.69, 9.17) is 5.41 Å². The van der Waals surface area contributed by atoms with Crippen molar-refractivity contribution in [3.63, 3.8) is 0 Å². The number of halogens is 1. The molecule has 0 bridgehead atoms. The summed E-state index contributed by atoms with van der Waals surface area (Å²) in [6.45, 7) is 1.81. The van der Waals surface area contributed by atoms with E-state index < -0.39 is 11.7 Å². The van der Waals surface area contributed by atoms with E-state index >= 15 is 0 Å². The van der Waals surface area contributed by atoms with Crippen LogP contribution in [0.25, 0.3) is 10.9 Å². The zero-order valence-electron chi connectivity index (χ0n) is 13.7. The maximum Gasteiger partial charge on any atom is 0.278 e. The van der Waals surface area contributed by atoms with Crippen LogP contribution in [0.5, 0.6) is 0 Å². The second-order valence-electron chi connectivity index (χ2n) is 5.72. The summed E-state index contributed by atoms with van der Waals surface area (Å²) < 4.78 is 15.2. The highest BCUT2D eigenvalue weighted by atomic mass is 32.2. The molecule has 8 heteroatoms. The number of para-hydroxylation sites is 1. The van der Waals surface area contributed by atoms with Gasteiger partial charge in [0.1, 0.15) is 12.1 Å². The van der Waals surface area contributed by atoms with E-state index in [2.05, 4.69) is 15.7 Å². The third-order valence-electron chi connectivity index (χ3n) is 3.97. The minimum Gasteiger partial charge on any atom is -0.357 e. The standard InChI is InChI=1S/C18H14FN5OS/c1-10-16(26-14-8-3-2-6-12(14)22-10)18(25)23-24-9-21-13-7-4-5-11(19)15(13)17(24)20/h2-9,20,22H,1H3,(H,23,25). The van der Waals surface area contributed by atoms with Crippen LogP contribution in [0.15, 0.2) is 64.3 Å². The molecule has 0 fully saturated rings. The average Bonchev–Trinajstić information content (AvgIpc) is 2.63. The van der Waals surface area contributed by atoms with Crippen molar-refractivity contribution in [1.82, 2.24) is 9.66 Å². The topological polar surface area (TPSA) is 82.8 Å². The Bertz CT molecular complexity index is 1140. The lowest BCUT2D eigenvalue weighted by Crippen LogP contribution is -2.34. The predicted molar refractivity (Wildman–Crippen MR) is 98.5 cm³/mol. The van der Waals surface area contributed by atoms with Crippen LogP contribution in [0.3, 0.4) is 0 Å². The van der Waals surface area contributed by atoms with Gasteiger partial charge in [0.05, 0.1) is 21.5 Å². The number of benzene rings is 2. The highest BCUT2D eigenvalue weighted by Crippen LogP contribution is 2.39. The van der Waals surface area contributed by atoms with Gasteiger partial charge in [-0.25, -0.2) is 14.1 Å². The normalized spacial score (nSPS) is 13.3.